The molecule has 1 amide bonds. The van der Waals surface area contributed by atoms with Crippen molar-refractivity contribution in [1.82, 2.24) is 5.32 Å². The Kier molecular flexibility index (Phi) is 9.78. The number of hydrogen-bond donors (Lipinski definition) is 2. The van der Waals surface area contributed by atoms with Crippen LogP contribution in [0.25, 0.3) is 0 Å². The maximum absolute atomic E-state index is 12.0. The fourth-order valence-corrected chi connectivity index (χ4v) is 2.08. The first-order valence-corrected chi connectivity index (χ1v) is 8.21. The molecule has 0 bridgehead atoms. The highest BCUT2D eigenvalue weighted by molar-refractivity contribution is 5.85. The van der Waals surface area contributed by atoms with Crippen molar-refractivity contribution in [2.75, 3.05) is 19.8 Å². The van der Waals surface area contributed by atoms with E-state index in [0.717, 1.165) is 23.5 Å². The summed E-state index contributed by atoms with van der Waals surface area (Å²) in [7, 11) is 0. The molecule has 1 rings (SSSR count). The van der Waals surface area contributed by atoms with Crippen LogP contribution in [0.3, 0.4) is 0 Å². The van der Waals surface area contributed by atoms with Gasteiger partial charge in [0.15, 0.2) is 11.5 Å². The van der Waals surface area contributed by atoms with Gasteiger partial charge >= 0.3 is 0 Å². The molecule has 0 saturated heterocycles. The minimum atomic E-state index is -0.512. The summed E-state index contributed by atoms with van der Waals surface area (Å²) in [5.41, 5.74) is 6.78. The topological polar surface area (TPSA) is 73.6 Å². The molecule has 0 aliphatic carbocycles. The molecule has 5 nitrogen and oxygen atoms in total. The van der Waals surface area contributed by atoms with Gasteiger partial charge in [-0.15, -0.1) is 12.4 Å². The summed E-state index contributed by atoms with van der Waals surface area (Å²) >= 11 is 0. The lowest BCUT2D eigenvalue weighted by molar-refractivity contribution is -0.124. The number of nitrogens with two attached hydrogens (primary N) is 1. The Morgan fingerprint density at radius 3 is 2.29 bits per heavy atom. The van der Waals surface area contributed by atoms with Crippen LogP contribution < -0.4 is 20.5 Å². The van der Waals surface area contributed by atoms with Crippen molar-refractivity contribution in [3.63, 3.8) is 0 Å². The van der Waals surface area contributed by atoms with E-state index in [2.05, 4.69) is 5.32 Å². The summed E-state index contributed by atoms with van der Waals surface area (Å²) in [4.78, 5) is 12.0. The van der Waals surface area contributed by atoms with Crippen molar-refractivity contribution in [2.45, 2.75) is 47.1 Å². The number of amides is 1. The molecular weight excluding hydrogens is 328 g/mol. The Morgan fingerprint density at radius 2 is 1.75 bits per heavy atom. The van der Waals surface area contributed by atoms with E-state index < -0.39 is 6.04 Å². The molecule has 0 aliphatic rings. The van der Waals surface area contributed by atoms with Crippen molar-refractivity contribution >= 4 is 18.3 Å². The summed E-state index contributed by atoms with van der Waals surface area (Å²) in [5.74, 6) is 1.37. The van der Waals surface area contributed by atoms with Gasteiger partial charge in [-0.3, -0.25) is 4.79 Å². The molecule has 6 heteroatoms. The monoisotopic (exact) mass is 358 g/mol. The molecule has 0 radical (unpaired) electrons. The highest BCUT2D eigenvalue weighted by Gasteiger charge is 2.26. The van der Waals surface area contributed by atoms with Crippen LogP contribution in [0.5, 0.6) is 11.5 Å². The van der Waals surface area contributed by atoms with Crippen molar-refractivity contribution in [3.05, 3.63) is 23.8 Å². The SMILES string of the molecule is CCOc1ccc(CCNC(=O)[C@@H](N)C(C)(C)C)cc1OCC.Cl. The molecule has 138 valence electrons. The number of ether oxygens (including phenoxy) is 2. The molecule has 0 spiro atoms. The highest BCUT2D eigenvalue weighted by Crippen LogP contribution is 2.28. The number of carbonyl (C=O) groups excluding carboxylic acids is 1. The van der Waals surface area contributed by atoms with E-state index in [9.17, 15) is 4.79 Å². The molecule has 0 saturated carbocycles. The van der Waals surface area contributed by atoms with Gasteiger partial charge < -0.3 is 20.5 Å². The van der Waals surface area contributed by atoms with Crippen LogP contribution in [0, 0.1) is 5.41 Å². The molecule has 0 aliphatic heterocycles. The summed E-state index contributed by atoms with van der Waals surface area (Å²) in [6, 6.07) is 5.35. The molecule has 0 heterocycles. The normalized spacial score (nSPS) is 12.1. The summed E-state index contributed by atoms with van der Waals surface area (Å²) in [6.07, 6.45) is 0.717. The van der Waals surface area contributed by atoms with E-state index >= 15 is 0 Å². The van der Waals surface area contributed by atoms with Gasteiger partial charge in [-0.2, -0.15) is 0 Å². The maximum Gasteiger partial charge on any atom is 0.237 e. The smallest absolute Gasteiger partial charge is 0.237 e. The average molecular weight is 359 g/mol. The quantitative estimate of drug-likeness (QED) is 0.749. The van der Waals surface area contributed by atoms with Crippen molar-refractivity contribution in [3.8, 4) is 11.5 Å². The van der Waals surface area contributed by atoms with Crippen LogP contribution in [0.4, 0.5) is 0 Å². The lowest BCUT2D eigenvalue weighted by atomic mass is 9.87. The zero-order valence-corrected chi connectivity index (χ0v) is 16.2. The minimum Gasteiger partial charge on any atom is -0.490 e. The van der Waals surface area contributed by atoms with E-state index in [0.29, 0.717) is 19.8 Å². The Labute approximate surface area is 151 Å². The Balaban J connectivity index is 0.00000529. The zero-order valence-electron chi connectivity index (χ0n) is 15.3. The predicted molar refractivity (Wildman–Crippen MR) is 100 cm³/mol. The van der Waals surface area contributed by atoms with Crippen LogP contribution >= 0.6 is 12.4 Å². The third-order valence-corrected chi connectivity index (χ3v) is 3.54. The van der Waals surface area contributed by atoms with Crippen molar-refractivity contribution in [1.29, 1.82) is 0 Å². The van der Waals surface area contributed by atoms with Gasteiger partial charge in [0, 0.05) is 6.54 Å². The number of rotatable bonds is 8. The fourth-order valence-electron chi connectivity index (χ4n) is 2.08. The van der Waals surface area contributed by atoms with E-state index in [1.165, 1.54) is 0 Å². The first kappa shape index (κ1) is 22.5. The molecule has 1 aromatic rings. The maximum atomic E-state index is 12.0. The largest absolute Gasteiger partial charge is 0.490 e. The molecule has 3 N–H and O–H groups in total. The number of halogens is 1. The minimum absolute atomic E-state index is 0. The average Bonchev–Trinajstić information content (AvgIpc) is 2.48. The Morgan fingerprint density at radius 1 is 1.17 bits per heavy atom. The van der Waals surface area contributed by atoms with E-state index in [1.807, 2.05) is 52.8 Å². The van der Waals surface area contributed by atoms with Crippen LogP contribution in [0.15, 0.2) is 18.2 Å². The van der Waals surface area contributed by atoms with Crippen molar-refractivity contribution in [2.24, 2.45) is 11.1 Å². The molecule has 0 unspecified atom stereocenters. The zero-order chi connectivity index (χ0) is 17.5. The van der Waals surface area contributed by atoms with E-state index in [1.54, 1.807) is 0 Å². The van der Waals surface area contributed by atoms with Gasteiger partial charge in [-0.1, -0.05) is 26.8 Å². The lowest BCUT2D eigenvalue weighted by Crippen LogP contribution is -2.48. The first-order chi connectivity index (χ1) is 10.8. The predicted octanol–water partition coefficient (Wildman–Crippen LogP) is 2.94. The van der Waals surface area contributed by atoms with Gasteiger partial charge in [0.25, 0.3) is 0 Å². The second kappa shape index (κ2) is 10.4. The highest BCUT2D eigenvalue weighted by atomic mass is 35.5. The summed E-state index contributed by atoms with van der Waals surface area (Å²) < 4.78 is 11.2. The molecule has 0 fully saturated rings. The third kappa shape index (κ3) is 6.97. The van der Waals surface area contributed by atoms with Gasteiger partial charge in [-0.05, 0) is 43.4 Å². The number of hydrogen-bond acceptors (Lipinski definition) is 4. The second-order valence-corrected chi connectivity index (χ2v) is 6.53. The Hall–Kier alpha value is -1.46. The van der Waals surface area contributed by atoms with Crippen LogP contribution in [-0.2, 0) is 11.2 Å². The number of carbonyl (C=O) groups is 1. The lowest BCUT2D eigenvalue weighted by Gasteiger charge is -2.25. The molecule has 1 aromatic carbocycles. The first-order valence-electron chi connectivity index (χ1n) is 8.21. The van der Waals surface area contributed by atoms with Gasteiger partial charge in [0.2, 0.25) is 5.91 Å². The van der Waals surface area contributed by atoms with Crippen LogP contribution in [0.2, 0.25) is 0 Å². The number of nitrogens with one attached hydrogen (secondary N) is 1. The molecule has 1 atom stereocenters. The van der Waals surface area contributed by atoms with Crippen LogP contribution in [-0.4, -0.2) is 31.7 Å². The van der Waals surface area contributed by atoms with Gasteiger partial charge in [-0.25, -0.2) is 0 Å². The molecule has 0 aromatic heterocycles. The van der Waals surface area contributed by atoms with E-state index in [-0.39, 0.29) is 23.7 Å². The number of benzene rings is 1. The fraction of sp³-hybridized carbons (Fsp3) is 0.611. The van der Waals surface area contributed by atoms with Gasteiger partial charge in [0.1, 0.15) is 0 Å². The Bertz CT molecular complexity index is 515. The molecular formula is C18H31ClN2O3. The summed E-state index contributed by atoms with van der Waals surface area (Å²) in [6.45, 7) is 11.5. The standard InChI is InChI=1S/C18H30N2O3.ClH/c1-6-22-14-9-8-13(12-15(14)23-7-2)10-11-20-17(21)16(19)18(3,4)5;/h8-9,12,16H,6-7,10-11,19H2,1-5H3,(H,20,21);1H/t16-;/m1./s1. The van der Waals surface area contributed by atoms with Crippen LogP contribution in [0.1, 0.15) is 40.2 Å². The summed E-state index contributed by atoms with van der Waals surface area (Å²) in [5, 5.41) is 2.89. The second-order valence-electron chi connectivity index (χ2n) is 6.53. The third-order valence-electron chi connectivity index (χ3n) is 3.54. The van der Waals surface area contributed by atoms with Gasteiger partial charge in [0.05, 0.1) is 19.3 Å². The van der Waals surface area contributed by atoms with Crippen molar-refractivity contribution < 1.29 is 14.3 Å². The van der Waals surface area contributed by atoms with E-state index in [4.69, 9.17) is 15.2 Å². The molecule has 24 heavy (non-hydrogen) atoms.